The number of thiophene rings is 2. The molecular formula is C34H30N4OS8. The van der Waals surface area contributed by atoms with Crippen molar-refractivity contribution < 1.29 is 4.74 Å². The third kappa shape index (κ3) is 4.55. The normalized spacial score (nSPS) is 28.2. The van der Waals surface area contributed by atoms with E-state index in [-0.39, 0.29) is 5.60 Å². The number of aliphatic imine (C=N–C) groups is 2. The molecule has 0 amide bonds. The van der Waals surface area contributed by atoms with Crippen LogP contribution in [-0.4, -0.2) is 40.8 Å². The lowest BCUT2D eigenvalue weighted by Crippen LogP contribution is -2.37. The maximum Gasteiger partial charge on any atom is 0.211 e. The summed E-state index contributed by atoms with van der Waals surface area (Å²) in [7, 11) is 0. The molecule has 0 aromatic carbocycles. The number of hydrogen-bond acceptors (Lipinski definition) is 13. The SMILES string of the molecule is S=C1C(=Nc2nc3sc4c(c3s2)OC2(CCCCC2)c2c-4sc3nc(N=C4C(=S)C5CCCCC5C4=S)sc23)C(=S)C2CCCCC12. The Labute approximate surface area is 310 Å². The number of aromatic nitrogens is 2. The molecule has 6 aliphatic rings. The molecule has 13 heteroatoms. The average molecular weight is 767 g/mol. The van der Waals surface area contributed by atoms with E-state index in [2.05, 4.69) is 0 Å². The number of ether oxygens (including phenoxy) is 1. The Morgan fingerprint density at radius 2 is 1.04 bits per heavy atom. The van der Waals surface area contributed by atoms with Crippen molar-refractivity contribution in [2.45, 2.75) is 89.1 Å². The van der Waals surface area contributed by atoms with E-state index in [1.165, 1.54) is 52.1 Å². The predicted octanol–water partition coefficient (Wildman–Crippen LogP) is 11.5. The lowest BCUT2D eigenvalue weighted by atomic mass is 9.78. The fourth-order valence-electron chi connectivity index (χ4n) is 9.03. The molecule has 5 aliphatic carbocycles. The van der Waals surface area contributed by atoms with Gasteiger partial charge in [-0.1, -0.05) is 104 Å². The summed E-state index contributed by atoms with van der Waals surface area (Å²) in [6.07, 6.45) is 15.0. The number of hydrogen-bond donors (Lipinski definition) is 0. The van der Waals surface area contributed by atoms with Gasteiger partial charge in [-0.3, -0.25) is 0 Å². The number of fused-ring (bicyclic) bond motifs is 10. The van der Waals surface area contributed by atoms with Crippen LogP contribution >= 0.6 is 94.2 Å². The monoisotopic (exact) mass is 766 g/mol. The van der Waals surface area contributed by atoms with Gasteiger partial charge in [0.15, 0.2) is 5.75 Å². The molecule has 0 saturated heterocycles. The molecule has 5 fully saturated rings. The van der Waals surface area contributed by atoms with E-state index in [0.717, 1.165) is 113 Å². The summed E-state index contributed by atoms with van der Waals surface area (Å²) in [5, 5.41) is 1.50. The topological polar surface area (TPSA) is 59.7 Å². The van der Waals surface area contributed by atoms with Crippen molar-refractivity contribution in [1.82, 2.24) is 9.97 Å². The van der Waals surface area contributed by atoms with Gasteiger partial charge in [0, 0.05) is 48.7 Å². The van der Waals surface area contributed by atoms with Crippen molar-refractivity contribution in [3.63, 3.8) is 0 Å². The van der Waals surface area contributed by atoms with E-state index in [1.807, 2.05) is 0 Å². The third-order valence-electron chi connectivity index (χ3n) is 11.3. The number of thiazole rings is 2. The number of thiocarbonyl (C=S) groups is 4. The Balaban J connectivity index is 1.05. The highest BCUT2D eigenvalue weighted by Gasteiger charge is 2.48. The Morgan fingerprint density at radius 3 is 1.57 bits per heavy atom. The first-order chi connectivity index (χ1) is 22.9. The second-order valence-electron chi connectivity index (χ2n) is 13.9. The van der Waals surface area contributed by atoms with E-state index < -0.39 is 0 Å². The summed E-state index contributed by atoms with van der Waals surface area (Å²) >= 11 is 30.5. The lowest BCUT2D eigenvalue weighted by Gasteiger charge is -2.40. The van der Waals surface area contributed by atoms with Crippen LogP contribution < -0.4 is 4.74 Å². The second-order valence-corrected chi connectivity index (χ2v) is 19.6. The fraction of sp³-hybridized carbons (Fsp3) is 0.529. The Bertz CT molecular complexity index is 2090. The zero-order valence-electron chi connectivity index (χ0n) is 25.5. The molecule has 1 spiro atoms. The van der Waals surface area contributed by atoms with Crippen molar-refractivity contribution in [3.8, 4) is 15.5 Å². The predicted molar refractivity (Wildman–Crippen MR) is 215 cm³/mol. The quantitative estimate of drug-likeness (QED) is 0.188. The minimum atomic E-state index is -0.364. The summed E-state index contributed by atoms with van der Waals surface area (Å²) in [5.74, 6) is 2.53. The molecule has 4 unspecified atom stereocenters. The van der Waals surface area contributed by atoms with Crippen molar-refractivity contribution in [2.24, 2.45) is 33.7 Å². The summed E-state index contributed by atoms with van der Waals surface area (Å²) in [6.45, 7) is 0. The summed E-state index contributed by atoms with van der Waals surface area (Å²) in [4.78, 5) is 28.5. The van der Waals surface area contributed by atoms with Gasteiger partial charge in [-0.05, 0) is 51.4 Å². The summed E-state index contributed by atoms with van der Waals surface area (Å²) in [5.41, 5.74) is 2.65. The molecule has 0 N–H and O–H groups in total. The van der Waals surface area contributed by atoms with Crippen molar-refractivity contribution >= 4 is 154 Å². The molecule has 5 saturated carbocycles. The summed E-state index contributed by atoms with van der Waals surface area (Å²) < 4.78 is 9.54. The maximum atomic E-state index is 7.24. The van der Waals surface area contributed by atoms with E-state index in [0.29, 0.717) is 23.7 Å². The van der Waals surface area contributed by atoms with Gasteiger partial charge in [-0.2, -0.15) is 0 Å². The molecule has 240 valence electrons. The Morgan fingerprint density at radius 1 is 0.574 bits per heavy atom. The third-order valence-corrected chi connectivity index (χ3v) is 17.8. The zero-order valence-corrected chi connectivity index (χ0v) is 32.0. The Kier molecular flexibility index (Phi) is 7.36. The minimum absolute atomic E-state index is 0.364. The molecule has 0 bridgehead atoms. The van der Waals surface area contributed by atoms with Crippen LogP contribution in [0.1, 0.15) is 89.0 Å². The van der Waals surface area contributed by atoms with Gasteiger partial charge in [0.05, 0.1) is 25.9 Å². The lowest BCUT2D eigenvalue weighted by molar-refractivity contribution is 0.0282. The molecule has 5 heterocycles. The average Bonchev–Trinajstić information content (AvgIpc) is 3.91. The highest BCUT2D eigenvalue weighted by Crippen LogP contribution is 2.62. The smallest absolute Gasteiger partial charge is 0.211 e. The van der Waals surface area contributed by atoms with Crippen LogP contribution in [0.4, 0.5) is 10.3 Å². The van der Waals surface area contributed by atoms with Crippen LogP contribution in [0.3, 0.4) is 0 Å². The van der Waals surface area contributed by atoms with Gasteiger partial charge in [-0.15, -0.1) is 22.7 Å². The van der Waals surface area contributed by atoms with Gasteiger partial charge in [0.25, 0.3) is 0 Å². The molecule has 10 rings (SSSR count). The van der Waals surface area contributed by atoms with Crippen LogP contribution in [0.15, 0.2) is 9.98 Å². The first-order valence-electron chi connectivity index (χ1n) is 16.8. The van der Waals surface area contributed by atoms with Gasteiger partial charge >= 0.3 is 0 Å². The van der Waals surface area contributed by atoms with Crippen LogP contribution in [0.5, 0.6) is 5.75 Å². The molecule has 4 aromatic heterocycles. The van der Waals surface area contributed by atoms with E-state index in [4.69, 9.17) is 73.6 Å². The van der Waals surface area contributed by atoms with Crippen LogP contribution in [0.25, 0.3) is 28.8 Å². The van der Waals surface area contributed by atoms with Crippen LogP contribution in [-0.2, 0) is 5.60 Å². The molecule has 5 nitrogen and oxygen atoms in total. The largest absolute Gasteiger partial charge is 0.479 e. The molecule has 4 aromatic rings. The number of nitrogens with zero attached hydrogens (tertiary/aromatic N) is 4. The highest BCUT2D eigenvalue weighted by atomic mass is 32.1. The zero-order chi connectivity index (χ0) is 31.6. The molecule has 47 heavy (non-hydrogen) atoms. The van der Waals surface area contributed by atoms with Crippen molar-refractivity contribution in [3.05, 3.63) is 5.56 Å². The fourth-order valence-corrected chi connectivity index (χ4v) is 15.8. The van der Waals surface area contributed by atoms with Gasteiger partial charge in [0.2, 0.25) is 10.3 Å². The Hall–Kier alpha value is -1.32. The van der Waals surface area contributed by atoms with Gasteiger partial charge in [-0.25, -0.2) is 20.0 Å². The highest BCUT2D eigenvalue weighted by molar-refractivity contribution is 7.86. The maximum absolute atomic E-state index is 7.24. The molecule has 1 aliphatic heterocycles. The minimum Gasteiger partial charge on any atom is -0.479 e. The first kappa shape index (κ1) is 30.5. The summed E-state index contributed by atoms with van der Waals surface area (Å²) in [6, 6.07) is 0. The van der Waals surface area contributed by atoms with Gasteiger partial charge in [0.1, 0.15) is 20.0 Å². The molecule has 4 atom stereocenters. The van der Waals surface area contributed by atoms with E-state index in [9.17, 15) is 0 Å². The van der Waals surface area contributed by atoms with E-state index >= 15 is 0 Å². The van der Waals surface area contributed by atoms with Crippen molar-refractivity contribution in [2.75, 3.05) is 0 Å². The van der Waals surface area contributed by atoms with Crippen LogP contribution in [0.2, 0.25) is 0 Å². The molecule has 0 radical (unpaired) electrons. The van der Waals surface area contributed by atoms with Crippen LogP contribution in [0, 0.1) is 23.7 Å². The molecular weight excluding hydrogens is 737 g/mol. The number of rotatable bonds is 2. The van der Waals surface area contributed by atoms with E-state index in [1.54, 1.807) is 45.3 Å². The second kappa shape index (κ2) is 11.3. The van der Waals surface area contributed by atoms with Gasteiger partial charge < -0.3 is 4.74 Å². The first-order valence-corrected chi connectivity index (χ1v) is 21.7. The van der Waals surface area contributed by atoms with Crippen molar-refractivity contribution in [1.29, 1.82) is 0 Å². The standard InChI is InChI=1S/C34H30N4OS8/c40-22-14-8-2-3-9-15(14)23(41)19(22)35-32-37-30-27(46-32)18-26(44-30)28-21(39-34(18)12-6-1-7-13-34)29-31(45-28)38-33(47-29)36-20-24(42)16-10-4-5-11-17(16)25(20)43/h14-17H,1-13H2.